The van der Waals surface area contributed by atoms with Gasteiger partial charge in [0.05, 0.1) is 0 Å². The Balaban J connectivity index is 2.13. The van der Waals surface area contributed by atoms with Gasteiger partial charge in [-0.3, -0.25) is 9.69 Å². The van der Waals surface area contributed by atoms with Crippen molar-refractivity contribution in [3.05, 3.63) is 30.3 Å². The molecule has 1 atom stereocenters. The van der Waals surface area contributed by atoms with Gasteiger partial charge < -0.3 is 4.90 Å². The van der Waals surface area contributed by atoms with Crippen molar-refractivity contribution < 1.29 is 4.79 Å². The molecule has 0 radical (unpaired) electrons. The number of nitrogens with zero attached hydrogens (tertiary/aromatic N) is 2. The van der Waals surface area contributed by atoms with Gasteiger partial charge >= 0.3 is 0 Å². The van der Waals surface area contributed by atoms with E-state index in [0.29, 0.717) is 12.5 Å². The second kappa shape index (κ2) is 4.73. The van der Waals surface area contributed by atoms with E-state index >= 15 is 0 Å². The monoisotopic (exact) mass is 246 g/mol. The molecule has 1 aliphatic rings. The molecule has 1 aromatic carbocycles. The molecule has 18 heavy (non-hydrogen) atoms. The van der Waals surface area contributed by atoms with Crippen LogP contribution >= 0.6 is 0 Å². The van der Waals surface area contributed by atoms with Gasteiger partial charge in [-0.1, -0.05) is 18.2 Å². The Morgan fingerprint density at radius 1 is 1.22 bits per heavy atom. The van der Waals surface area contributed by atoms with Gasteiger partial charge in [0.15, 0.2) is 0 Å². The highest BCUT2D eigenvalue weighted by molar-refractivity contribution is 5.96. The molecule has 0 bridgehead atoms. The lowest BCUT2D eigenvalue weighted by molar-refractivity contribution is -0.117. The van der Waals surface area contributed by atoms with Gasteiger partial charge in [-0.2, -0.15) is 0 Å². The second-order valence-electron chi connectivity index (χ2n) is 5.98. The van der Waals surface area contributed by atoms with E-state index in [-0.39, 0.29) is 11.4 Å². The van der Waals surface area contributed by atoms with Crippen LogP contribution in [0.1, 0.15) is 27.2 Å². The Bertz CT molecular complexity index is 422. The Morgan fingerprint density at radius 3 is 2.39 bits per heavy atom. The van der Waals surface area contributed by atoms with Crippen LogP contribution in [0.3, 0.4) is 0 Å². The number of hydrogen-bond donors (Lipinski definition) is 0. The van der Waals surface area contributed by atoms with Crippen LogP contribution in [0.5, 0.6) is 0 Å². The first-order chi connectivity index (χ1) is 8.39. The summed E-state index contributed by atoms with van der Waals surface area (Å²) in [5.41, 5.74) is 1.10. The van der Waals surface area contributed by atoms with E-state index in [1.165, 1.54) is 0 Å². The van der Waals surface area contributed by atoms with Crippen LogP contribution in [-0.4, -0.2) is 36.0 Å². The molecule has 1 saturated heterocycles. The standard InChI is InChI=1S/C15H22N2O/c1-15(2,3)16(4)13-10-14(18)17(11-13)12-8-6-5-7-9-12/h5-9,13H,10-11H2,1-4H3. The second-order valence-corrected chi connectivity index (χ2v) is 5.98. The largest absolute Gasteiger partial charge is 0.311 e. The van der Waals surface area contributed by atoms with Crippen LogP contribution < -0.4 is 4.90 Å². The molecule has 3 nitrogen and oxygen atoms in total. The minimum atomic E-state index is 0.0949. The van der Waals surface area contributed by atoms with Crippen molar-refractivity contribution in [3.8, 4) is 0 Å². The highest BCUT2D eigenvalue weighted by Crippen LogP contribution is 2.26. The molecule has 0 aromatic heterocycles. The number of amides is 1. The molecular formula is C15H22N2O. The lowest BCUT2D eigenvalue weighted by Crippen LogP contribution is -2.46. The third kappa shape index (κ3) is 2.56. The molecule has 0 spiro atoms. The van der Waals surface area contributed by atoms with Crippen molar-refractivity contribution in [3.63, 3.8) is 0 Å². The molecule has 1 aromatic rings. The fourth-order valence-electron chi connectivity index (χ4n) is 2.35. The highest BCUT2D eigenvalue weighted by Gasteiger charge is 2.36. The summed E-state index contributed by atoms with van der Waals surface area (Å²) in [6.07, 6.45) is 0.614. The molecule has 0 N–H and O–H groups in total. The number of carbonyl (C=O) groups excluding carboxylic acids is 1. The van der Waals surface area contributed by atoms with E-state index in [1.54, 1.807) is 0 Å². The maximum Gasteiger partial charge on any atom is 0.228 e. The molecule has 98 valence electrons. The van der Waals surface area contributed by atoms with Gasteiger partial charge in [0.1, 0.15) is 0 Å². The van der Waals surface area contributed by atoms with Gasteiger partial charge in [0.2, 0.25) is 5.91 Å². The van der Waals surface area contributed by atoms with Crippen molar-refractivity contribution in [1.82, 2.24) is 4.90 Å². The first-order valence-electron chi connectivity index (χ1n) is 6.48. The van der Waals surface area contributed by atoms with Gasteiger partial charge in [-0.25, -0.2) is 0 Å². The average Bonchev–Trinajstić information content (AvgIpc) is 2.70. The zero-order valence-corrected chi connectivity index (χ0v) is 11.7. The fourth-order valence-corrected chi connectivity index (χ4v) is 2.35. The van der Waals surface area contributed by atoms with E-state index in [0.717, 1.165) is 12.2 Å². The summed E-state index contributed by atoms with van der Waals surface area (Å²) in [5, 5.41) is 0. The summed E-state index contributed by atoms with van der Waals surface area (Å²) in [6, 6.07) is 10.2. The van der Waals surface area contributed by atoms with E-state index in [2.05, 4.69) is 32.7 Å². The molecule has 1 unspecified atom stereocenters. The number of hydrogen-bond acceptors (Lipinski definition) is 2. The van der Waals surface area contributed by atoms with Crippen LogP contribution in [0.15, 0.2) is 30.3 Å². The molecule has 1 heterocycles. The molecule has 3 heteroatoms. The summed E-state index contributed by atoms with van der Waals surface area (Å²) < 4.78 is 0. The Hall–Kier alpha value is -1.35. The Kier molecular flexibility index (Phi) is 3.44. The van der Waals surface area contributed by atoms with Crippen LogP contribution in [0.4, 0.5) is 5.69 Å². The maximum absolute atomic E-state index is 12.1. The zero-order chi connectivity index (χ0) is 13.3. The van der Waals surface area contributed by atoms with Gasteiger partial charge in [0.25, 0.3) is 0 Å². The van der Waals surface area contributed by atoms with Crippen LogP contribution in [0.25, 0.3) is 0 Å². The summed E-state index contributed by atoms with van der Waals surface area (Å²) in [7, 11) is 2.10. The summed E-state index contributed by atoms with van der Waals surface area (Å²) in [5.74, 6) is 0.224. The van der Waals surface area contributed by atoms with E-state index in [9.17, 15) is 4.79 Å². The summed E-state index contributed by atoms with van der Waals surface area (Å²) in [4.78, 5) is 16.3. The lowest BCUT2D eigenvalue weighted by atomic mass is 10.0. The van der Waals surface area contributed by atoms with Crippen LogP contribution in [0.2, 0.25) is 0 Å². The highest BCUT2D eigenvalue weighted by atomic mass is 16.2. The number of likely N-dealkylation sites (N-methyl/N-ethyl adjacent to an activating group) is 1. The van der Waals surface area contributed by atoms with Gasteiger partial charge in [0, 0.05) is 30.2 Å². The molecule has 0 aliphatic carbocycles. The Morgan fingerprint density at radius 2 is 1.83 bits per heavy atom. The predicted octanol–water partition coefficient (Wildman–Crippen LogP) is 2.52. The maximum atomic E-state index is 12.1. The predicted molar refractivity (Wildman–Crippen MR) is 74.7 cm³/mol. The minimum Gasteiger partial charge on any atom is -0.311 e. The molecule has 1 aliphatic heterocycles. The lowest BCUT2D eigenvalue weighted by Gasteiger charge is -2.36. The smallest absolute Gasteiger partial charge is 0.228 e. The first-order valence-corrected chi connectivity index (χ1v) is 6.48. The molecular weight excluding hydrogens is 224 g/mol. The van der Waals surface area contributed by atoms with Crippen LogP contribution in [-0.2, 0) is 4.79 Å². The Labute approximate surface area is 109 Å². The third-order valence-electron chi connectivity index (χ3n) is 3.78. The summed E-state index contributed by atoms with van der Waals surface area (Å²) in [6.45, 7) is 7.34. The van der Waals surface area contributed by atoms with Gasteiger partial charge in [-0.05, 0) is 40.0 Å². The fraction of sp³-hybridized carbons (Fsp3) is 0.533. The third-order valence-corrected chi connectivity index (χ3v) is 3.78. The number of anilines is 1. The topological polar surface area (TPSA) is 23.6 Å². The van der Waals surface area contributed by atoms with Crippen molar-refractivity contribution in [2.24, 2.45) is 0 Å². The van der Waals surface area contributed by atoms with Gasteiger partial charge in [-0.15, -0.1) is 0 Å². The molecule has 0 saturated carbocycles. The average molecular weight is 246 g/mol. The van der Waals surface area contributed by atoms with Crippen molar-refractivity contribution in [2.45, 2.75) is 38.8 Å². The number of para-hydroxylation sites is 1. The minimum absolute atomic E-state index is 0.0949. The number of carbonyl (C=O) groups is 1. The van der Waals surface area contributed by atoms with Crippen LogP contribution in [0, 0.1) is 0 Å². The normalized spacial score (nSPS) is 20.8. The van der Waals surface area contributed by atoms with E-state index < -0.39 is 0 Å². The number of rotatable bonds is 2. The zero-order valence-electron chi connectivity index (χ0n) is 11.7. The van der Waals surface area contributed by atoms with E-state index in [4.69, 9.17) is 0 Å². The SMILES string of the molecule is CN(C1CC(=O)N(c2ccccc2)C1)C(C)(C)C. The number of benzene rings is 1. The first kappa shape index (κ1) is 13.1. The van der Waals surface area contributed by atoms with Crippen molar-refractivity contribution in [2.75, 3.05) is 18.5 Å². The molecule has 2 rings (SSSR count). The summed E-state index contributed by atoms with van der Waals surface area (Å²) >= 11 is 0. The molecule has 1 fully saturated rings. The quantitative estimate of drug-likeness (QED) is 0.800. The van der Waals surface area contributed by atoms with E-state index in [1.807, 2.05) is 35.2 Å². The van der Waals surface area contributed by atoms with Crippen molar-refractivity contribution >= 4 is 11.6 Å². The molecule has 1 amide bonds. The van der Waals surface area contributed by atoms with Crippen molar-refractivity contribution in [1.29, 1.82) is 0 Å².